The third-order valence-corrected chi connectivity index (χ3v) is 5.29. The molecule has 1 aliphatic carbocycles. The number of hydrogen-bond donors (Lipinski definition) is 2. The monoisotopic (exact) mass is 394 g/mol. The van der Waals surface area contributed by atoms with Gasteiger partial charge in [-0.1, -0.05) is 48.0 Å². The van der Waals surface area contributed by atoms with Gasteiger partial charge in [-0.3, -0.25) is 9.59 Å². The predicted octanol–water partition coefficient (Wildman–Crippen LogP) is 4.20. The number of para-hydroxylation sites is 1. The number of aryl methyl sites for hydroxylation is 1. The van der Waals surface area contributed by atoms with Crippen LogP contribution in [0.25, 0.3) is 0 Å². The summed E-state index contributed by atoms with van der Waals surface area (Å²) in [5, 5.41) is 5.86. The molecule has 0 bridgehead atoms. The number of ether oxygens (including phenoxy) is 1. The molecule has 0 heterocycles. The third kappa shape index (κ3) is 6.34. The first-order chi connectivity index (χ1) is 14.0. The molecular formula is C24H30N2O3. The summed E-state index contributed by atoms with van der Waals surface area (Å²) in [5.74, 6) is 0.579. The van der Waals surface area contributed by atoms with Crippen LogP contribution in [0.5, 0.6) is 5.75 Å². The zero-order chi connectivity index (χ0) is 20.6. The van der Waals surface area contributed by atoms with Crippen LogP contribution in [-0.2, 0) is 16.1 Å². The van der Waals surface area contributed by atoms with E-state index in [1.807, 2.05) is 55.5 Å². The first kappa shape index (κ1) is 20.9. The molecule has 0 aromatic heterocycles. The molecule has 2 N–H and O–H groups in total. The lowest BCUT2D eigenvalue weighted by molar-refractivity contribution is -0.122. The summed E-state index contributed by atoms with van der Waals surface area (Å²) >= 11 is 0. The molecule has 0 aliphatic heterocycles. The topological polar surface area (TPSA) is 67.4 Å². The number of carbonyl (C=O) groups is 2. The van der Waals surface area contributed by atoms with Crippen molar-refractivity contribution in [2.75, 3.05) is 0 Å². The van der Waals surface area contributed by atoms with Gasteiger partial charge in [0, 0.05) is 19.0 Å². The van der Waals surface area contributed by atoms with Crippen molar-refractivity contribution in [3.63, 3.8) is 0 Å². The molecule has 154 valence electrons. The number of benzene rings is 2. The average molecular weight is 395 g/mol. The zero-order valence-electron chi connectivity index (χ0n) is 17.2. The Balaban J connectivity index is 1.60. The number of hydrogen-bond acceptors (Lipinski definition) is 3. The molecule has 1 fully saturated rings. The van der Waals surface area contributed by atoms with E-state index in [0.717, 1.165) is 35.3 Å². The normalized spacial score (nSPS) is 15.0. The smallest absolute Gasteiger partial charge is 0.222 e. The molecule has 2 amide bonds. The molecule has 0 saturated heterocycles. The van der Waals surface area contributed by atoms with E-state index < -0.39 is 0 Å². The molecule has 2 aromatic rings. The van der Waals surface area contributed by atoms with E-state index in [4.69, 9.17) is 4.74 Å². The van der Waals surface area contributed by atoms with E-state index >= 15 is 0 Å². The highest BCUT2D eigenvalue weighted by atomic mass is 16.5. The zero-order valence-corrected chi connectivity index (χ0v) is 17.2. The lowest BCUT2D eigenvalue weighted by Gasteiger charge is -2.19. The van der Waals surface area contributed by atoms with Crippen molar-refractivity contribution >= 4 is 11.8 Å². The van der Waals surface area contributed by atoms with Crippen molar-refractivity contribution in [2.45, 2.75) is 64.6 Å². The van der Waals surface area contributed by atoms with E-state index in [0.29, 0.717) is 6.54 Å². The molecule has 29 heavy (non-hydrogen) atoms. The van der Waals surface area contributed by atoms with Crippen LogP contribution in [0.3, 0.4) is 0 Å². The number of nitrogens with one attached hydrogen (secondary N) is 2. The van der Waals surface area contributed by atoms with Gasteiger partial charge in [0.1, 0.15) is 5.75 Å². The van der Waals surface area contributed by atoms with Crippen LogP contribution in [0.2, 0.25) is 0 Å². The van der Waals surface area contributed by atoms with Crippen LogP contribution in [0.1, 0.15) is 61.8 Å². The van der Waals surface area contributed by atoms with E-state index in [1.165, 1.54) is 19.8 Å². The van der Waals surface area contributed by atoms with Gasteiger partial charge in [0.25, 0.3) is 0 Å². The van der Waals surface area contributed by atoms with Gasteiger partial charge in [-0.15, -0.1) is 0 Å². The van der Waals surface area contributed by atoms with Gasteiger partial charge in [-0.05, 0) is 44.2 Å². The highest BCUT2D eigenvalue weighted by Crippen LogP contribution is 2.26. The standard InChI is InChI=1S/C24H30N2O3/c1-17-11-13-19(14-12-17)22(26-18(2)27)15-24(28)25-16-20-7-3-6-10-23(20)29-21-8-4-5-9-21/h3,6-7,10-14,21-22H,4-5,8-9,15-16H2,1-2H3,(H,25,28)(H,26,27). The summed E-state index contributed by atoms with van der Waals surface area (Å²) in [5.41, 5.74) is 3.03. The molecule has 1 aliphatic rings. The lowest BCUT2D eigenvalue weighted by Crippen LogP contribution is -2.32. The van der Waals surface area contributed by atoms with Gasteiger partial charge in [0.15, 0.2) is 0 Å². The van der Waals surface area contributed by atoms with Crippen LogP contribution in [-0.4, -0.2) is 17.9 Å². The Hall–Kier alpha value is -2.82. The van der Waals surface area contributed by atoms with Crippen LogP contribution in [0.15, 0.2) is 48.5 Å². The van der Waals surface area contributed by atoms with Crippen LogP contribution in [0.4, 0.5) is 0 Å². The molecule has 1 atom stereocenters. The molecule has 2 aromatic carbocycles. The second-order valence-corrected chi connectivity index (χ2v) is 7.78. The third-order valence-electron chi connectivity index (χ3n) is 5.29. The van der Waals surface area contributed by atoms with Crippen LogP contribution < -0.4 is 15.4 Å². The Kier molecular flexibility index (Phi) is 7.28. The van der Waals surface area contributed by atoms with E-state index in [9.17, 15) is 9.59 Å². The number of carbonyl (C=O) groups excluding carboxylic acids is 2. The maximum absolute atomic E-state index is 12.6. The first-order valence-corrected chi connectivity index (χ1v) is 10.4. The SMILES string of the molecule is CC(=O)NC(CC(=O)NCc1ccccc1OC1CCCC1)c1ccc(C)cc1. The molecule has 5 nitrogen and oxygen atoms in total. The van der Waals surface area contributed by atoms with Gasteiger partial charge < -0.3 is 15.4 Å². The van der Waals surface area contributed by atoms with Crippen molar-refractivity contribution in [3.8, 4) is 5.75 Å². The fourth-order valence-electron chi connectivity index (χ4n) is 3.70. The van der Waals surface area contributed by atoms with Crippen molar-refractivity contribution in [3.05, 3.63) is 65.2 Å². The maximum Gasteiger partial charge on any atom is 0.222 e. The van der Waals surface area contributed by atoms with Gasteiger partial charge >= 0.3 is 0 Å². The second kappa shape index (κ2) is 10.1. The molecule has 1 saturated carbocycles. The summed E-state index contributed by atoms with van der Waals surface area (Å²) in [4.78, 5) is 24.2. The maximum atomic E-state index is 12.6. The molecule has 0 radical (unpaired) electrons. The highest BCUT2D eigenvalue weighted by Gasteiger charge is 2.19. The minimum absolute atomic E-state index is 0.111. The van der Waals surface area contributed by atoms with Crippen LogP contribution in [0, 0.1) is 6.92 Å². The predicted molar refractivity (Wildman–Crippen MR) is 114 cm³/mol. The summed E-state index contributed by atoms with van der Waals surface area (Å²) < 4.78 is 6.14. The second-order valence-electron chi connectivity index (χ2n) is 7.78. The molecular weight excluding hydrogens is 364 g/mol. The highest BCUT2D eigenvalue weighted by molar-refractivity contribution is 5.79. The minimum Gasteiger partial charge on any atom is -0.490 e. The van der Waals surface area contributed by atoms with Crippen molar-refractivity contribution in [2.24, 2.45) is 0 Å². The minimum atomic E-state index is -0.349. The Morgan fingerprint density at radius 3 is 2.45 bits per heavy atom. The van der Waals surface area contributed by atoms with Gasteiger partial charge in [-0.2, -0.15) is 0 Å². The first-order valence-electron chi connectivity index (χ1n) is 10.4. The fraction of sp³-hybridized carbons (Fsp3) is 0.417. The lowest BCUT2D eigenvalue weighted by atomic mass is 10.0. The van der Waals surface area contributed by atoms with Gasteiger partial charge in [0.05, 0.1) is 18.6 Å². The van der Waals surface area contributed by atoms with Gasteiger partial charge in [-0.25, -0.2) is 0 Å². The molecule has 1 unspecified atom stereocenters. The van der Waals surface area contributed by atoms with E-state index in [2.05, 4.69) is 10.6 Å². The number of rotatable bonds is 8. The molecule has 0 spiro atoms. The largest absolute Gasteiger partial charge is 0.490 e. The van der Waals surface area contributed by atoms with E-state index in [1.54, 1.807) is 0 Å². The Morgan fingerprint density at radius 2 is 1.76 bits per heavy atom. The fourth-order valence-corrected chi connectivity index (χ4v) is 3.70. The number of amides is 2. The summed E-state index contributed by atoms with van der Waals surface area (Å²) in [6, 6.07) is 15.4. The van der Waals surface area contributed by atoms with Crippen LogP contribution >= 0.6 is 0 Å². The van der Waals surface area contributed by atoms with Gasteiger partial charge in [0.2, 0.25) is 11.8 Å². The van der Waals surface area contributed by atoms with E-state index in [-0.39, 0.29) is 30.4 Å². The Morgan fingerprint density at radius 1 is 1.07 bits per heavy atom. The Bertz CT molecular complexity index is 826. The summed E-state index contributed by atoms with van der Waals surface area (Å²) in [7, 11) is 0. The van der Waals surface area contributed by atoms with Crippen molar-refractivity contribution in [1.29, 1.82) is 0 Å². The Labute approximate surface area is 172 Å². The average Bonchev–Trinajstić information content (AvgIpc) is 3.20. The summed E-state index contributed by atoms with van der Waals surface area (Å²) in [6.07, 6.45) is 5.08. The van der Waals surface area contributed by atoms with Crippen molar-refractivity contribution < 1.29 is 14.3 Å². The summed E-state index contributed by atoms with van der Waals surface area (Å²) in [6.45, 7) is 3.88. The molecule has 3 rings (SSSR count). The quantitative estimate of drug-likeness (QED) is 0.705. The molecule has 5 heteroatoms. The van der Waals surface area contributed by atoms with Crippen molar-refractivity contribution in [1.82, 2.24) is 10.6 Å².